The van der Waals surface area contributed by atoms with Crippen molar-refractivity contribution in [2.75, 3.05) is 11.6 Å². The minimum absolute atomic E-state index is 0.179. The quantitative estimate of drug-likeness (QED) is 0.647. The van der Waals surface area contributed by atoms with Crippen molar-refractivity contribution in [2.24, 2.45) is 0 Å². The van der Waals surface area contributed by atoms with Crippen LogP contribution in [0, 0.1) is 24.1 Å². The minimum Gasteiger partial charge on any atom is -0.477 e. The van der Waals surface area contributed by atoms with Gasteiger partial charge in [0.15, 0.2) is 5.57 Å². The van der Waals surface area contributed by atoms with Gasteiger partial charge in [0.05, 0.1) is 5.03 Å². The van der Waals surface area contributed by atoms with Crippen molar-refractivity contribution in [3.8, 4) is 6.07 Å². The van der Waals surface area contributed by atoms with Crippen LogP contribution in [0.2, 0.25) is 0 Å². The van der Waals surface area contributed by atoms with E-state index in [1.807, 2.05) is 0 Å². The molecule has 0 saturated carbocycles. The summed E-state index contributed by atoms with van der Waals surface area (Å²) >= 11 is 1.08. The van der Waals surface area contributed by atoms with Gasteiger partial charge in [-0.2, -0.15) is 5.26 Å². The van der Waals surface area contributed by atoms with Crippen molar-refractivity contribution >= 4 is 23.4 Å². The number of nitriles is 1. The first-order chi connectivity index (χ1) is 8.51. The number of rotatable bonds is 4. The standard InChI is InChI=1S/C12H11FN2O2S/c1-7-9(13)4-3-5-10(7)15-11(18-2)8(6-14)12(16)17/h3-5,15H,1-2H3,(H,16,17). The topological polar surface area (TPSA) is 73.1 Å². The van der Waals surface area contributed by atoms with E-state index in [4.69, 9.17) is 10.4 Å². The predicted molar refractivity (Wildman–Crippen MR) is 68.5 cm³/mol. The molecule has 0 aromatic heterocycles. The first kappa shape index (κ1) is 14.1. The highest BCUT2D eigenvalue weighted by molar-refractivity contribution is 8.02. The van der Waals surface area contributed by atoms with Crippen LogP contribution in [-0.4, -0.2) is 17.3 Å². The minimum atomic E-state index is -1.32. The SMILES string of the molecule is CSC(Nc1cccc(F)c1C)=C(C#N)C(=O)O. The molecule has 1 aromatic carbocycles. The molecule has 6 heteroatoms. The molecule has 0 saturated heterocycles. The van der Waals surface area contributed by atoms with Crippen LogP contribution >= 0.6 is 11.8 Å². The summed E-state index contributed by atoms with van der Waals surface area (Å²) in [5.74, 6) is -1.71. The van der Waals surface area contributed by atoms with Crippen molar-refractivity contribution in [1.82, 2.24) is 0 Å². The zero-order valence-corrected chi connectivity index (χ0v) is 10.6. The fourth-order valence-corrected chi connectivity index (χ4v) is 1.83. The largest absolute Gasteiger partial charge is 0.477 e. The van der Waals surface area contributed by atoms with Gasteiger partial charge in [0.2, 0.25) is 0 Å². The Hall–Kier alpha value is -2.00. The number of carboxylic acid groups (broad SMARTS) is 1. The molecule has 0 spiro atoms. The van der Waals surface area contributed by atoms with Gasteiger partial charge < -0.3 is 10.4 Å². The van der Waals surface area contributed by atoms with Gasteiger partial charge in [-0.1, -0.05) is 6.07 Å². The first-order valence-corrected chi connectivity index (χ1v) is 6.17. The van der Waals surface area contributed by atoms with Crippen molar-refractivity contribution in [3.63, 3.8) is 0 Å². The summed E-state index contributed by atoms with van der Waals surface area (Å²) in [6.07, 6.45) is 1.64. The second-order valence-corrected chi connectivity index (χ2v) is 4.18. The third-order valence-electron chi connectivity index (χ3n) is 2.27. The number of carbonyl (C=O) groups is 1. The van der Waals surface area contributed by atoms with Crippen LogP contribution in [0.5, 0.6) is 0 Å². The van der Waals surface area contributed by atoms with Crippen molar-refractivity contribution < 1.29 is 14.3 Å². The molecule has 2 N–H and O–H groups in total. The molecule has 0 unspecified atom stereocenters. The molecule has 0 aliphatic heterocycles. The molecule has 1 aromatic rings. The molecule has 0 radical (unpaired) electrons. The predicted octanol–water partition coefficient (Wildman–Crippen LogP) is 2.73. The van der Waals surface area contributed by atoms with Crippen LogP contribution in [0.3, 0.4) is 0 Å². The maximum atomic E-state index is 13.3. The highest BCUT2D eigenvalue weighted by Crippen LogP contribution is 2.24. The van der Waals surface area contributed by atoms with Crippen LogP contribution in [-0.2, 0) is 4.79 Å². The third kappa shape index (κ3) is 3.02. The van der Waals surface area contributed by atoms with E-state index >= 15 is 0 Å². The second-order valence-electron chi connectivity index (χ2n) is 3.36. The number of thioether (sulfide) groups is 1. The van der Waals surface area contributed by atoms with E-state index in [1.165, 1.54) is 12.1 Å². The molecule has 4 nitrogen and oxygen atoms in total. The van der Waals surface area contributed by atoms with Gasteiger partial charge in [-0.3, -0.25) is 0 Å². The number of halogens is 1. The fraction of sp³-hybridized carbons (Fsp3) is 0.167. The molecule has 0 heterocycles. The number of aliphatic carboxylic acids is 1. The number of hydrogen-bond acceptors (Lipinski definition) is 4. The molecule has 94 valence electrons. The van der Waals surface area contributed by atoms with Crippen LogP contribution in [0.4, 0.5) is 10.1 Å². The molecule has 0 atom stereocenters. The zero-order valence-electron chi connectivity index (χ0n) is 9.82. The second kappa shape index (κ2) is 6.07. The Morgan fingerprint density at radius 2 is 2.22 bits per heavy atom. The van der Waals surface area contributed by atoms with Gasteiger partial charge in [0, 0.05) is 11.3 Å². The van der Waals surface area contributed by atoms with Crippen molar-refractivity contribution in [1.29, 1.82) is 5.26 Å². The number of nitrogens with one attached hydrogen (secondary N) is 1. The first-order valence-electron chi connectivity index (χ1n) is 4.95. The Bertz CT molecular complexity index is 549. The van der Waals surface area contributed by atoms with Crippen molar-refractivity contribution in [2.45, 2.75) is 6.92 Å². The number of benzene rings is 1. The van der Waals surface area contributed by atoms with Crippen LogP contribution in [0.1, 0.15) is 5.56 Å². The van der Waals surface area contributed by atoms with Crippen LogP contribution in [0.25, 0.3) is 0 Å². The van der Waals surface area contributed by atoms with Gasteiger partial charge in [-0.05, 0) is 25.3 Å². The lowest BCUT2D eigenvalue weighted by Crippen LogP contribution is -2.08. The highest BCUT2D eigenvalue weighted by atomic mass is 32.2. The molecule has 1 rings (SSSR count). The average molecular weight is 266 g/mol. The van der Waals surface area contributed by atoms with E-state index in [1.54, 1.807) is 25.3 Å². The molecule has 0 aliphatic rings. The van der Waals surface area contributed by atoms with E-state index in [2.05, 4.69) is 5.32 Å². The van der Waals surface area contributed by atoms with Gasteiger partial charge in [0.25, 0.3) is 0 Å². The molecule has 18 heavy (non-hydrogen) atoms. The summed E-state index contributed by atoms with van der Waals surface area (Å²) in [7, 11) is 0. The summed E-state index contributed by atoms with van der Waals surface area (Å²) in [6.45, 7) is 1.57. The van der Waals surface area contributed by atoms with Gasteiger partial charge in [-0.25, -0.2) is 9.18 Å². The van der Waals surface area contributed by atoms with E-state index in [0.29, 0.717) is 11.3 Å². The Balaban J connectivity index is 3.19. The molecule has 0 aliphatic carbocycles. The van der Waals surface area contributed by atoms with Gasteiger partial charge in [-0.15, -0.1) is 11.8 Å². The zero-order chi connectivity index (χ0) is 13.7. The molecule has 0 bridgehead atoms. The van der Waals surface area contributed by atoms with E-state index in [-0.39, 0.29) is 5.03 Å². The van der Waals surface area contributed by atoms with Gasteiger partial charge >= 0.3 is 5.97 Å². The molecular weight excluding hydrogens is 255 g/mol. The summed E-state index contributed by atoms with van der Waals surface area (Å²) in [4.78, 5) is 10.9. The lowest BCUT2D eigenvalue weighted by molar-refractivity contribution is -0.132. The van der Waals surface area contributed by atoms with Crippen LogP contribution in [0.15, 0.2) is 28.8 Å². The van der Waals surface area contributed by atoms with E-state index < -0.39 is 17.4 Å². The molecule has 0 fully saturated rings. The number of nitrogens with zero attached hydrogens (tertiary/aromatic N) is 1. The number of carboxylic acids is 1. The number of anilines is 1. The summed E-state index contributed by atoms with van der Waals surface area (Å²) in [5.41, 5.74) is 0.409. The normalized spacial score (nSPS) is 11.4. The Kier molecular flexibility index (Phi) is 4.75. The summed E-state index contributed by atoms with van der Waals surface area (Å²) < 4.78 is 13.3. The lowest BCUT2D eigenvalue weighted by Gasteiger charge is -2.12. The lowest BCUT2D eigenvalue weighted by atomic mass is 10.2. The summed E-state index contributed by atoms with van der Waals surface area (Å²) in [6, 6.07) is 6.05. The summed E-state index contributed by atoms with van der Waals surface area (Å²) in [5, 5.41) is 20.6. The highest BCUT2D eigenvalue weighted by Gasteiger charge is 2.15. The van der Waals surface area contributed by atoms with Crippen LogP contribution < -0.4 is 5.32 Å². The smallest absolute Gasteiger partial charge is 0.349 e. The monoisotopic (exact) mass is 266 g/mol. The fourth-order valence-electron chi connectivity index (χ4n) is 1.28. The van der Waals surface area contributed by atoms with E-state index in [9.17, 15) is 9.18 Å². The van der Waals surface area contributed by atoms with Crippen molar-refractivity contribution in [3.05, 3.63) is 40.2 Å². The maximum absolute atomic E-state index is 13.3. The maximum Gasteiger partial charge on any atom is 0.349 e. The Labute approximate surface area is 108 Å². The van der Waals surface area contributed by atoms with E-state index in [0.717, 1.165) is 11.8 Å². The van der Waals surface area contributed by atoms with Gasteiger partial charge in [0.1, 0.15) is 11.9 Å². The third-order valence-corrected chi connectivity index (χ3v) is 2.99. The molecular formula is C12H11FN2O2S. The molecule has 0 amide bonds. The average Bonchev–Trinajstić information content (AvgIpc) is 2.33. The Morgan fingerprint density at radius 3 is 2.72 bits per heavy atom. The number of hydrogen-bond donors (Lipinski definition) is 2. The Morgan fingerprint density at radius 1 is 1.56 bits per heavy atom.